The van der Waals surface area contributed by atoms with Gasteiger partial charge in [0.2, 0.25) is 5.79 Å². The van der Waals surface area contributed by atoms with Crippen LogP contribution in [0.2, 0.25) is 0 Å². The lowest BCUT2D eigenvalue weighted by Crippen LogP contribution is -2.41. The fraction of sp³-hybridized carbons (Fsp3) is 0.750. The Hall–Kier alpha value is -0.830. The summed E-state index contributed by atoms with van der Waals surface area (Å²) in [6.45, 7) is 11.3. The molecule has 1 aliphatic rings. The lowest BCUT2D eigenvalue weighted by Gasteiger charge is -2.33. The molecule has 0 aromatic carbocycles. The lowest BCUT2D eigenvalue weighted by molar-refractivity contribution is -0.212. The molecule has 15 heavy (non-hydrogen) atoms. The van der Waals surface area contributed by atoms with Crippen molar-refractivity contribution in [3.05, 3.63) is 11.6 Å². The van der Waals surface area contributed by atoms with Crippen molar-refractivity contribution in [3.8, 4) is 0 Å². The quantitative estimate of drug-likeness (QED) is 0.626. The summed E-state index contributed by atoms with van der Waals surface area (Å²) in [5, 5.41) is 10.2. The van der Waals surface area contributed by atoms with E-state index in [4.69, 9.17) is 4.74 Å². The van der Waals surface area contributed by atoms with E-state index in [9.17, 15) is 9.90 Å². The zero-order chi connectivity index (χ0) is 12.1. The van der Waals surface area contributed by atoms with Crippen LogP contribution >= 0.6 is 0 Å². The molecule has 0 aliphatic carbocycles. The number of aliphatic hydroxyl groups is 1. The third-order valence-corrected chi connectivity index (χ3v) is 2.69. The van der Waals surface area contributed by atoms with Gasteiger partial charge in [-0.1, -0.05) is 41.5 Å². The average molecular weight is 212 g/mol. The van der Waals surface area contributed by atoms with Crippen molar-refractivity contribution in [2.24, 2.45) is 10.8 Å². The molecule has 1 aliphatic heterocycles. The molecule has 3 heteroatoms. The third-order valence-electron chi connectivity index (χ3n) is 2.69. The van der Waals surface area contributed by atoms with E-state index in [0.717, 1.165) is 0 Å². The minimum atomic E-state index is -1.48. The maximum Gasteiger partial charge on any atom is 0.337 e. The van der Waals surface area contributed by atoms with Gasteiger partial charge in [0.15, 0.2) is 0 Å². The second-order valence-corrected chi connectivity index (χ2v) is 6.14. The molecule has 0 amide bonds. The Morgan fingerprint density at radius 2 is 1.67 bits per heavy atom. The summed E-state index contributed by atoms with van der Waals surface area (Å²) < 4.78 is 5.08. The Bertz CT molecular complexity index is 315. The standard InChI is InChI=1S/C12H20O3/c1-10(2,3)8-7-12(14,11(4,5)6)15-9(8)13/h7,14H,1-6H3/t12-/m1/s1. The van der Waals surface area contributed by atoms with Gasteiger partial charge in [-0.05, 0) is 11.5 Å². The first-order valence-electron chi connectivity index (χ1n) is 5.16. The molecule has 1 rings (SSSR count). The molecule has 1 atom stereocenters. The van der Waals surface area contributed by atoms with E-state index in [0.29, 0.717) is 5.57 Å². The van der Waals surface area contributed by atoms with Crippen LogP contribution < -0.4 is 0 Å². The van der Waals surface area contributed by atoms with Crippen LogP contribution in [0.4, 0.5) is 0 Å². The van der Waals surface area contributed by atoms with Gasteiger partial charge in [0.05, 0.1) is 0 Å². The summed E-state index contributed by atoms with van der Waals surface area (Å²) in [6.07, 6.45) is 1.55. The van der Waals surface area contributed by atoms with E-state index in [-0.39, 0.29) is 5.41 Å². The van der Waals surface area contributed by atoms with Crippen LogP contribution in [0, 0.1) is 10.8 Å². The van der Waals surface area contributed by atoms with Gasteiger partial charge in [0.25, 0.3) is 0 Å². The van der Waals surface area contributed by atoms with Crippen LogP contribution in [-0.4, -0.2) is 16.9 Å². The third kappa shape index (κ3) is 2.07. The highest BCUT2D eigenvalue weighted by Gasteiger charge is 2.49. The molecule has 0 fully saturated rings. The van der Waals surface area contributed by atoms with Gasteiger partial charge in [0.1, 0.15) is 0 Å². The number of ether oxygens (including phenoxy) is 1. The summed E-state index contributed by atoms with van der Waals surface area (Å²) in [6, 6.07) is 0. The Kier molecular flexibility index (Phi) is 2.51. The van der Waals surface area contributed by atoms with E-state index < -0.39 is 17.2 Å². The molecular weight excluding hydrogens is 192 g/mol. The first-order valence-corrected chi connectivity index (χ1v) is 5.16. The predicted molar refractivity (Wildman–Crippen MR) is 58.0 cm³/mol. The number of cyclic esters (lactones) is 1. The molecule has 0 radical (unpaired) electrons. The summed E-state index contributed by atoms with van der Waals surface area (Å²) >= 11 is 0. The Morgan fingerprint density at radius 3 is 1.87 bits per heavy atom. The van der Waals surface area contributed by atoms with Crippen LogP contribution in [-0.2, 0) is 9.53 Å². The van der Waals surface area contributed by atoms with Crippen molar-refractivity contribution in [2.75, 3.05) is 0 Å². The normalized spacial score (nSPS) is 27.7. The van der Waals surface area contributed by atoms with Crippen molar-refractivity contribution in [3.63, 3.8) is 0 Å². The lowest BCUT2D eigenvalue weighted by atomic mass is 9.81. The minimum absolute atomic E-state index is 0.299. The van der Waals surface area contributed by atoms with E-state index in [1.807, 2.05) is 41.5 Å². The minimum Gasteiger partial charge on any atom is -0.425 e. The molecule has 0 saturated heterocycles. The van der Waals surface area contributed by atoms with Gasteiger partial charge < -0.3 is 9.84 Å². The van der Waals surface area contributed by atoms with Gasteiger partial charge in [-0.15, -0.1) is 0 Å². The van der Waals surface area contributed by atoms with E-state index >= 15 is 0 Å². The summed E-state index contributed by atoms with van der Waals surface area (Å²) in [5.74, 6) is -1.90. The smallest absolute Gasteiger partial charge is 0.337 e. The second kappa shape index (κ2) is 3.08. The molecule has 0 bridgehead atoms. The van der Waals surface area contributed by atoms with Gasteiger partial charge >= 0.3 is 5.97 Å². The highest BCUT2D eigenvalue weighted by Crippen LogP contribution is 2.42. The summed E-state index contributed by atoms with van der Waals surface area (Å²) in [4.78, 5) is 11.6. The Morgan fingerprint density at radius 1 is 1.20 bits per heavy atom. The second-order valence-electron chi connectivity index (χ2n) is 6.14. The van der Waals surface area contributed by atoms with Gasteiger partial charge in [-0.2, -0.15) is 0 Å². The molecule has 86 valence electrons. The molecule has 0 unspecified atom stereocenters. The van der Waals surface area contributed by atoms with Crippen LogP contribution in [0.15, 0.2) is 11.6 Å². The number of hydrogen-bond acceptors (Lipinski definition) is 3. The van der Waals surface area contributed by atoms with Crippen LogP contribution in [0.5, 0.6) is 0 Å². The van der Waals surface area contributed by atoms with Crippen molar-refractivity contribution in [1.82, 2.24) is 0 Å². The number of rotatable bonds is 0. The fourth-order valence-corrected chi connectivity index (χ4v) is 1.37. The maximum absolute atomic E-state index is 11.6. The van der Waals surface area contributed by atoms with E-state index in [2.05, 4.69) is 0 Å². The van der Waals surface area contributed by atoms with Gasteiger partial charge in [-0.25, -0.2) is 4.79 Å². The predicted octanol–water partition coefficient (Wildman–Crippen LogP) is 2.25. The van der Waals surface area contributed by atoms with Crippen molar-refractivity contribution in [2.45, 2.75) is 47.3 Å². The van der Waals surface area contributed by atoms with Gasteiger partial charge in [-0.3, -0.25) is 0 Å². The zero-order valence-electron chi connectivity index (χ0n) is 10.3. The molecule has 1 heterocycles. The topological polar surface area (TPSA) is 46.5 Å². The fourth-order valence-electron chi connectivity index (χ4n) is 1.37. The molecule has 0 spiro atoms. The highest BCUT2D eigenvalue weighted by molar-refractivity contribution is 5.92. The van der Waals surface area contributed by atoms with Crippen molar-refractivity contribution < 1.29 is 14.6 Å². The van der Waals surface area contributed by atoms with E-state index in [1.165, 1.54) is 0 Å². The molecule has 3 nitrogen and oxygen atoms in total. The SMILES string of the molecule is CC(C)(C)C1=C[C@](O)(C(C)(C)C)OC1=O. The van der Waals surface area contributed by atoms with Gasteiger partial charge in [0, 0.05) is 11.0 Å². The monoisotopic (exact) mass is 212 g/mol. The van der Waals surface area contributed by atoms with Crippen LogP contribution in [0.3, 0.4) is 0 Å². The first kappa shape index (κ1) is 12.2. The van der Waals surface area contributed by atoms with Crippen LogP contribution in [0.25, 0.3) is 0 Å². The molecular formula is C12H20O3. The Labute approximate surface area is 91.1 Å². The molecule has 0 aromatic heterocycles. The Balaban J connectivity index is 3.15. The zero-order valence-corrected chi connectivity index (χ0v) is 10.3. The number of carbonyl (C=O) groups excluding carboxylic acids is 1. The molecule has 0 saturated carbocycles. The number of hydrogen-bond donors (Lipinski definition) is 1. The van der Waals surface area contributed by atoms with Crippen molar-refractivity contribution in [1.29, 1.82) is 0 Å². The number of esters is 1. The van der Waals surface area contributed by atoms with E-state index in [1.54, 1.807) is 6.08 Å². The van der Waals surface area contributed by atoms with Crippen LogP contribution in [0.1, 0.15) is 41.5 Å². The summed E-state index contributed by atoms with van der Waals surface area (Å²) in [5.41, 5.74) is -0.275. The molecule has 0 aromatic rings. The van der Waals surface area contributed by atoms with Crippen molar-refractivity contribution >= 4 is 5.97 Å². The molecule has 1 N–H and O–H groups in total. The maximum atomic E-state index is 11.6. The first-order chi connectivity index (χ1) is 6.47. The summed E-state index contributed by atoms with van der Waals surface area (Å²) in [7, 11) is 0. The number of carbonyl (C=O) groups is 1. The largest absolute Gasteiger partial charge is 0.425 e. The average Bonchev–Trinajstić information content (AvgIpc) is 2.24. The highest BCUT2D eigenvalue weighted by atomic mass is 16.7.